The molecule has 7 heteroatoms. The van der Waals surface area contributed by atoms with Crippen LogP contribution in [-0.2, 0) is 16.4 Å². The summed E-state index contributed by atoms with van der Waals surface area (Å²) in [7, 11) is -3.25. The fraction of sp³-hybridized carbons (Fsp3) is 0.308. The van der Waals surface area contributed by atoms with Crippen LogP contribution in [0.3, 0.4) is 0 Å². The predicted octanol–water partition coefficient (Wildman–Crippen LogP) is 2.04. The van der Waals surface area contributed by atoms with E-state index in [1.54, 1.807) is 16.8 Å². The Hall–Kier alpha value is -1.37. The molecule has 1 unspecified atom stereocenters. The van der Waals surface area contributed by atoms with Crippen molar-refractivity contribution >= 4 is 21.4 Å². The first-order valence-electron chi connectivity index (χ1n) is 6.04. The zero-order valence-electron chi connectivity index (χ0n) is 11.1. The quantitative estimate of drug-likeness (QED) is 0.937. The number of aryl methyl sites for hydroxylation is 1. The van der Waals surface area contributed by atoms with Crippen LogP contribution >= 0.6 is 11.6 Å². The molecule has 0 radical (unpaired) electrons. The van der Waals surface area contributed by atoms with Crippen LogP contribution in [0.25, 0.3) is 0 Å². The summed E-state index contributed by atoms with van der Waals surface area (Å²) in [5, 5.41) is 14.8. The van der Waals surface area contributed by atoms with E-state index in [1.807, 2.05) is 6.92 Å². The number of nitrogens with zero attached hydrogens (tertiary/aromatic N) is 2. The summed E-state index contributed by atoms with van der Waals surface area (Å²) < 4.78 is 24.4. The van der Waals surface area contributed by atoms with Crippen LogP contribution in [0.4, 0.5) is 0 Å². The number of aliphatic hydroxyl groups is 1. The molecule has 5 nitrogen and oxygen atoms in total. The van der Waals surface area contributed by atoms with Gasteiger partial charge in [0.15, 0.2) is 9.84 Å². The van der Waals surface area contributed by atoms with Gasteiger partial charge in [-0.1, -0.05) is 23.7 Å². The Bertz CT molecular complexity index is 708. The molecule has 0 aliphatic carbocycles. The summed E-state index contributed by atoms with van der Waals surface area (Å²) in [6.07, 6.45) is 1.68. The second-order valence-corrected chi connectivity index (χ2v) is 6.86. The SMILES string of the molecule is CCn1ncc(Cl)c1C(O)c1ccc(S(C)(=O)=O)cc1. The van der Waals surface area contributed by atoms with Gasteiger partial charge in [-0.05, 0) is 24.6 Å². The normalized spacial score (nSPS) is 13.4. The zero-order chi connectivity index (χ0) is 14.9. The first-order valence-corrected chi connectivity index (χ1v) is 8.30. The van der Waals surface area contributed by atoms with Crippen molar-refractivity contribution in [2.75, 3.05) is 6.26 Å². The Morgan fingerprint density at radius 3 is 2.45 bits per heavy atom. The summed E-state index contributed by atoms with van der Waals surface area (Å²) in [4.78, 5) is 0.212. The van der Waals surface area contributed by atoms with Crippen molar-refractivity contribution in [3.05, 3.63) is 46.7 Å². The third-order valence-corrected chi connectivity index (χ3v) is 4.44. The van der Waals surface area contributed by atoms with E-state index in [0.29, 0.717) is 22.8 Å². The average molecular weight is 315 g/mol. The number of hydrogen-bond acceptors (Lipinski definition) is 4. The fourth-order valence-corrected chi connectivity index (χ4v) is 2.83. The highest BCUT2D eigenvalue weighted by atomic mass is 35.5. The molecule has 1 heterocycles. The number of rotatable bonds is 4. The summed E-state index contributed by atoms with van der Waals surface area (Å²) in [5.41, 5.74) is 1.07. The van der Waals surface area contributed by atoms with Gasteiger partial charge in [-0.15, -0.1) is 0 Å². The van der Waals surface area contributed by atoms with Crippen LogP contribution < -0.4 is 0 Å². The van der Waals surface area contributed by atoms with Crippen molar-refractivity contribution in [3.8, 4) is 0 Å². The summed E-state index contributed by atoms with van der Waals surface area (Å²) >= 11 is 6.03. The first-order chi connectivity index (χ1) is 9.34. The Morgan fingerprint density at radius 2 is 1.95 bits per heavy atom. The van der Waals surface area contributed by atoms with E-state index in [-0.39, 0.29) is 4.90 Å². The molecule has 1 N–H and O–H groups in total. The highest BCUT2D eigenvalue weighted by Gasteiger charge is 2.19. The van der Waals surface area contributed by atoms with Gasteiger partial charge in [0, 0.05) is 12.8 Å². The number of sulfone groups is 1. The minimum absolute atomic E-state index is 0.212. The van der Waals surface area contributed by atoms with Crippen molar-refractivity contribution in [1.29, 1.82) is 0 Å². The van der Waals surface area contributed by atoms with Gasteiger partial charge < -0.3 is 5.11 Å². The van der Waals surface area contributed by atoms with E-state index >= 15 is 0 Å². The number of halogens is 1. The van der Waals surface area contributed by atoms with Gasteiger partial charge in [-0.2, -0.15) is 5.10 Å². The highest BCUT2D eigenvalue weighted by molar-refractivity contribution is 7.90. The van der Waals surface area contributed by atoms with Crippen molar-refractivity contribution in [3.63, 3.8) is 0 Å². The molecule has 0 saturated heterocycles. The van der Waals surface area contributed by atoms with Crippen LogP contribution in [0.1, 0.15) is 24.3 Å². The van der Waals surface area contributed by atoms with E-state index in [2.05, 4.69) is 5.10 Å². The van der Waals surface area contributed by atoms with Crippen molar-refractivity contribution in [2.45, 2.75) is 24.5 Å². The third-order valence-electron chi connectivity index (χ3n) is 3.02. The van der Waals surface area contributed by atoms with Gasteiger partial charge in [0.2, 0.25) is 0 Å². The van der Waals surface area contributed by atoms with Crippen LogP contribution in [0.15, 0.2) is 35.4 Å². The molecule has 0 amide bonds. The molecule has 0 bridgehead atoms. The van der Waals surface area contributed by atoms with E-state index in [0.717, 1.165) is 6.26 Å². The second-order valence-electron chi connectivity index (χ2n) is 4.44. The van der Waals surface area contributed by atoms with Crippen LogP contribution in [0, 0.1) is 0 Å². The molecule has 108 valence electrons. The van der Waals surface area contributed by atoms with E-state index in [4.69, 9.17) is 11.6 Å². The monoisotopic (exact) mass is 314 g/mol. The summed E-state index contributed by atoms with van der Waals surface area (Å²) in [6, 6.07) is 6.08. The van der Waals surface area contributed by atoms with Crippen LogP contribution in [-0.4, -0.2) is 29.6 Å². The van der Waals surface area contributed by atoms with Gasteiger partial charge in [-0.3, -0.25) is 4.68 Å². The molecule has 2 rings (SSSR count). The topological polar surface area (TPSA) is 72.2 Å². The molecule has 0 aliphatic rings. The molecule has 0 spiro atoms. The standard InChI is InChI=1S/C13H15ClN2O3S/c1-3-16-12(11(14)8-15-16)13(17)9-4-6-10(7-5-9)20(2,18)19/h4-8,13,17H,3H2,1-2H3. The van der Waals surface area contributed by atoms with Crippen molar-refractivity contribution in [1.82, 2.24) is 9.78 Å². The summed E-state index contributed by atoms with van der Waals surface area (Å²) in [6.45, 7) is 2.48. The predicted molar refractivity (Wildman–Crippen MR) is 76.5 cm³/mol. The molecule has 0 fully saturated rings. The van der Waals surface area contributed by atoms with Gasteiger partial charge >= 0.3 is 0 Å². The lowest BCUT2D eigenvalue weighted by Crippen LogP contribution is -2.09. The molecule has 1 atom stereocenters. The van der Waals surface area contributed by atoms with Crippen LogP contribution in [0.2, 0.25) is 5.02 Å². The second kappa shape index (κ2) is 5.55. The maximum Gasteiger partial charge on any atom is 0.175 e. The van der Waals surface area contributed by atoms with Gasteiger partial charge in [0.05, 0.1) is 21.8 Å². The number of benzene rings is 1. The largest absolute Gasteiger partial charge is 0.382 e. The molecule has 0 aliphatic heterocycles. The van der Waals surface area contributed by atoms with Crippen LogP contribution in [0.5, 0.6) is 0 Å². The maximum absolute atomic E-state index is 11.4. The number of aromatic nitrogens is 2. The van der Waals surface area contributed by atoms with Gasteiger partial charge in [0.1, 0.15) is 6.10 Å². The molecule has 20 heavy (non-hydrogen) atoms. The minimum atomic E-state index is -3.25. The van der Waals surface area contributed by atoms with Crippen molar-refractivity contribution < 1.29 is 13.5 Å². The maximum atomic E-state index is 11.4. The average Bonchev–Trinajstić information content (AvgIpc) is 2.78. The molecule has 2 aromatic rings. The van der Waals surface area contributed by atoms with E-state index in [1.165, 1.54) is 18.3 Å². The Labute approximate surface area is 122 Å². The smallest absolute Gasteiger partial charge is 0.175 e. The van der Waals surface area contributed by atoms with Gasteiger partial charge in [-0.25, -0.2) is 8.42 Å². The Morgan fingerprint density at radius 1 is 1.35 bits per heavy atom. The Kier molecular flexibility index (Phi) is 4.17. The lowest BCUT2D eigenvalue weighted by molar-refractivity contribution is 0.208. The molecule has 0 saturated carbocycles. The lowest BCUT2D eigenvalue weighted by Gasteiger charge is -2.14. The summed E-state index contributed by atoms with van der Waals surface area (Å²) in [5.74, 6) is 0. The molecule has 1 aromatic heterocycles. The molecular weight excluding hydrogens is 300 g/mol. The minimum Gasteiger partial charge on any atom is -0.382 e. The number of hydrogen-bond donors (Lipinski definition) is 1. The molecular formula is C13H15ClN2O3S. The lowest BCUT2D eigenvalue weighted by atomic mass is 10.1. The van der Waals surface area contributed by atoms with Gasteiger partial charge in [0.25, 0.3) is 0 Å². The zero-order valence-corrected chi connectivity index (χ0v) is 12.7. The Balaban J connectivity index is 2.39. The van der Waals surface area contributed by atoms with Crippen molar-refractivity contribution in [2.24, 2.45) is 0 Å². The number of aliphatic hydroxyl groups excluding tert-OH is 1. The fourth-order valence-electron chi connectivity index (χ4n) is 1.95. The molecule has 1 aromatic carbocycles. The third kappa shape index (κ3) is 2.87. The first kappa shape index (κ1) is 15.0. The highest BCUT2D eigenvalue weighted by Crippen LogP contribution is 2.28. The van der Waals surface area contributed by atoms with E-state index in [9.17, 15) is 13.5 Å². The van der Waals surface area contributed by atoms with E-state index < -0.39 is 15.9 Å².